The van der Waals surface area contributed by atoms with Crippen molar-refractivity contribution >= 4 is 32.9 Å². The van der Waals surface area contributed by atoms with Crippen molar-refractivity contribution in [1.82, 2.24) is 19.9 Å². The Morgan fingerprint density at radius 1 is 1.10 bits per heavy atom. The number of ether oxygens (including phenoxy) is 2. The third kappa shape index (κ3) is 3.19. The molecule has 1 aliphatic heterocycles. The zero-order chi connectivity index (χ0) is 20.1. The van der Waals surface area contributed by atoms with Crippen LogP contribution in [0.5, 0.6) is 0 Å². The number of hydrogen-bond acceptors (Lipinski definition) is 7. The SMILES string of the molecule is Cc1csc(-c2nc(C3CCC4(CC3)OCCO4)[nH]c2-c2ccc3ncsc3c2)n1. The molecule has 1 saturated carbocycles. The van der Waals surface area contributed by atoms with Gasteiger partial charge in [-0.1, -0.05) is 6.07 Å². The Balaban J connectivity index is 1.38. The van der Waals surface area contributed by atoms with Gasteiger partial charge in [-0.15, -0.1) is 22.7 Å². The van der Waals surface area contributed by atoms with E-state index in [0.717, 1.165) is 64.7 Å². The monoisotopic (exact) mass is 438 g/mol. The van der Waals surface area contributed by atoms with Crippen molar-refractivity contribution in [3.63, 3.8) is 0 Å². The van der Waals surface area contributed by atoms with Gasteiger partial charge in [0.15, 0.2) is 5.79 Å². The molecule has 0 bridgehead atoms. The van der Waals surface area contributed by atoms with E-state index in [1.807, 2.05) is 12.4 Å². The van der Waals surface area contributed by atoms with Crippen LogP contribution >= 0.6 is 22.7 Å². The number of thiazole rings is 2. The molecule has 1 aromatic carbocycles. The van der Waals surface area contributed by atoms with Gasteiger partial charge in [-0.05, 0) is 31.9 Å². The molecule has 4 aromatic rings. The van der Waals surface area contributed by atoms with Crippen LogP contribution in [0.1, 0.15) is 43.1 Å². The van der Waals surface area contributed by atoms with Gasteiger partial charge in [0.1, 0.15) is 16.5 Å². The summed E-state index contributed by atoms with van der Waals surface area (Å²) in [6.07, 6.45) is 3.87. The molecule has 1 spiro atoms. The Labute approximate surface area is 182 Å². The van der Waals surface area contributed by atoms with E-state index in [4.69, 9.17) is 19.4 Å². The number of nitrogens with one attached hydrogen (secondary N) is 1. The number of nitrogens with zero attached hydrogens (tertiary/aromatic N) is 3. The van der Waals surface area contributed by atoms with Gasteiger partial charge >= 0.3 is 0 Å². The molecule has 1 saturated heterocycles. The standard InChI is InChI=1S/C22H22N4O2S2/c1-13-11-29-21(24-13)19-18(15-2-3-16-17(10-15)30-12-23-16)25-20(26-19)14-4-6-22(7-5-14)27-8-9-28-22/h2-3,10-12,14H,4-9H2,1H3,(H,25,26). The lowest BCUT2D eigenvalue weighted by molar-refractivity contribution is -0.179. The molecule has 30 heavy (non-hydrogen) atoms. The maximum Gasteiger partial charge on any atom is 0.168 e. The largest absolute Gasteiger partial charge is 0.348 e. The smallest absolute Gasteiger partial charge is 0.168 e. The fourth-order valence-electron chi connectivity index (χ4n) is 4.54. The first-order chi connectivity index (χ1) is 14.7. The molecule has 0 radical (unpaired) electrons. The van der Waals surface area contributed by atoms with E-state index >= 15 is 0 Å². The minimum absolute atomic E-state index is 0.349. The van der Waals surface area contributed by atoms with Crippen LogP contribution in [0.15, 0.2) is 29.1 Å². The number of aromatic amines is 1. The molecule has 3 aromatic heterocycles. The number of hydrogen-bond donors (Lipinski definition) is 1. The summed E-state index contributed by atoms with van der Waals surface area (Å²) in [5.74, 6) is 1.08. The van der Waals surface area contributed by atoms with E-state index in [1.165, 1.54) is 4.70 Å². The molecule has 6 rings (SSSR count). The van der Waals surface area contributed by atoms with Gasteiger partial charge in [0.25, 0.3) is 0 Å². The molecule has 2 aliphatic rings. The van der Waals surface area contributed by atoms with Gasteiger partial charge in [0, 0.05) is 35.4 Å². The van der Waals surface area contributed by atoms with Gasteiger partial charge in [0.05, 0.1) is 34.6 Å². The number of H-pyrrole nitrogens is 1. The molecule has 2 fully saturated rings. The highest BCUT2D eigenvalue weighted by molar-refractivity contribution is 7.16. The summed E-state index contributed by atoms with van der Waals surface area (Å²) in [5.41, 5.74) is 7.07. The van der Waals surface area contributed by atoms with E-state index in [9.17, 15) is 0 Å². The third-order valence-corrected chi connectivity index (χ3v) is 7.87. The summed E-state index contributed by atoms with van der Waals surface area (Å²) in [5, 5.41) is 3.04. The highest BCUT2D eigenvalue weighted by atomic mass is 32.1. The number of aromatic nitrogens is 4. The second kappa shape index (κ2) is 7.23. The van der Waals surface area contributed by atoms with Crippen molar-refractivity contribution in [1.29, 1.82) is 0 Å². The third-order valence-electron chi connectivity index (χ3n) is 6.11. The van der Waals surface area contributed by atoms with E-state index < -0.39 is 0 Å². The van der Waals surface area contributed by atoms with Crippen molar-refractivity contribution in [3.8, 4) is 22.0 Å². The quantitative estimate of drug-likeness (QED) is 0.456. The molecule has 1 N–H and O–H groups in total. The van der Waals surface area contributed by atoms with E-state index in [-0.39, 0.29) is 5.79 Å². The van der Waals surface area contributed by atoms with Gasteiger partial charge in [-0.25, -0.2) is 15.0 Å². The molecule has 0 amide bonds. The maximum absolute atomic E-state index is 5.90. The predicted molar refractivity (Wildman–Crippen MR) is 119 cm³/mol. The lowest BCUT2D eigenvalue weighted by atomic mass is 9.84. The molecule has 4 heterocycles. The first kappa shape index (κ1) is 18.6. The number of rotatable bonds is 3. The van der Waals surface area contributed by atoms with Gasteiger partial charge in [-0.3, -0.25) is 0 Å². The first-order valence-electron chi connectivity index (χ1n) is 10.3. The molecule has 1 aliphatic carbocycles. The first-order valence-corrected chi connectivity index (χ1v) is 12.1. The second-order valence-electron chi connectivity index (χ2n) is 8.06. The molecule has 0 unspecified atom stereocenters. The molecular formula is C22H22N4O2S2. The summed E-state index contributed by atoms with van der Waals surface area (Å²) in [4.78, 5) is 17.9. The lowest BCUT2D eigenvalue weighted by Crippen LogP contribution is -2.34. The van der Waals surface area contributed by atoms with Crippen LogP contribution in [-0.2, 0) is 9.47 Å². The topological polar surface area (TPSA) is 72.9 Å². The van der Waals surface area contributed by atoms with Crippen LogP contribution in [0, 0.1) is 6.92 Å². The van der Waals surface area contributed by atoms with Crippen molar-refractivity contribution in [2.75, 3.05) is 13.2 Å². The lowest BCUT2D eigenvalue weighted by Gasteiger charge is -2.34. The van der Waals surface area contributed by atoms with Gasteiger partial charge < -0.3 is 14.5 Å². The zero-order valence-electron chi connectivity index (χ0n) is 16.7. The summed E-state index contributed by atoms with van der Waals surface area (Å²) >= 11 is 3.31. The number of fused-ring (bicyclic) bond motifs is 1. The molecule has 6 nitrogen and oxygen atoms in total. The van der Waals surface area contributed by atoms with Crippen LogP contribution in [-0.4, -0.2) is 38.9 Å². The van der Waals surface area contributed by atoms with Crippen molar-refractivity contribution in [2.24, 2.45) is 0 Å². The fourth-order valence-corrected chi connectivity index (χ4v) is 6.05. The van der Waals surface area contributed by atoms with Gasteiger partial charge in [0.2, 0.25) is 0 Å². The molecule has 8 heteroatoms. The van der Waals surface area contributed by atoms with Gasteiger partial charge in [-0.2, -0.15) is 0 Å². The molecule has 0 atom stereocenters. The Morgan fingerprint density at radius 2 is 1.93 bits per heavy atom. The zero-order valence-corrected chi connectivity index (χ0v) is 18.3. The van der Waals surface area contributed by atoms with Crippen LogP contribution in [0.4, 0.5) is 0 Å². The number of benzene rings is 1. The number of imidazole rings is 1. The van der Waals surface area contributed by atoms with Crippen LogP contribution in [0.2, 0.25) is 0 Å². The maximum atomic E-state index is 5.90. The van der Waals surface area contributed by atoms with E-state index in [0.29, 0.717) is 19.1 Å². The van der Waals surface area contributed by atoms with E-state index in [2.05, 4.69) is 33.5 Å². The summed E-state index contributed by atoms with van der Waals surface area (Å²) in [6.45, 7) is 3.45. The van der Waals surface area contributed by atoms with Crippen molar-refractivity contribution < 1.29 is 9.47 Å². The van der Waals surface area contributed by atoms with Crippen LogP contribution in [0.25, 0.3) is 32.2 Å². The van der Waals surface area contributed by atoms with Crippen LogP contribution in [0.3, 0.4) is 0 Å². The number of aryl methyl sites for hydroxylation is 1. The Morgan fingerprint density at radius 3 is 2.70 bits per heavy atom. The average molecular weight is 439 g/mol. The predicted octanol–water partition coefficient (Wildman–Crippen LogP) is 5.52. The molecule has 154 valence electrons. The van der Waals surface area contributed by atoms with Crippen LogP contribution < -0.4 is 0 Å². The Hall–Kier alpha value is -2.13. The fraction of sp³-hybridized carbons (Fsp3) is 0.409. The molecular weight excluding hydrogens is 416 g/mol. The highest BCUT2D eigenvalue weighted by Crippen LogP contribution is 2.43. The Kier molecular flexibility index (Phi) is 4.49. The van der Waals surface area contributed by atoms with Crippen molar-refractivity contribution in [2.45, 2.75) is 44.3 Å². The average Bonchev–Trinajstić information content (AvgIpc) is 3.55. The summed E-state index contributed by atoms with van der Waals surface area (Å²) < 4.78 is 13.0. The normalized spacial score (nSPS) is 19.2. The highest BCUT2D eigenvalue weighted by Gasteiger charge is 2.41. The van der Waals surface area contributed by atoms with Crippen molar-refractivity contribution in [3.05, 3.63) is 40.6 Å². The second-order valence-corrected chi connectivity index (χ2v) is 9.80. The minimum Gasteiger partial charge on any atom is -0.348 e. The summed E-state index contributed by atoms with van der Waals surface area (Å²) in [6, 6.07) is 6.40. The Bertz CT molecular complexity index is 1190. The van der Waals surface area contributed by atoms with E-state index in [1.54, 1.807) is 22.7 Å². The summed E-state index contributed by atoms with van der Waals surface area (Å²) in [7, 11) is 0. The minimum atomic E-state index is -0.349.